The van der Waals surface area contributed by atoms with Crippen molar-refractivity contribution < 1.29 is 9.53 Å². The highest BCUT2D eigenvalue weighted by Gasteiger charge is 2.32. The number of H-pyrrole nitrogens is 1. The molecule has 2 heterocycles. The van der Waals surface area contributed by atoms with Gasteiger partial charge in [-0.3, -0.25) is 10.1 Å². The molecular formula is C13H20N4O2. The molecule has 6 heteroatoms. The lowest BCUT2D eigenvalue weighted by atomic mass is 10.0. The van der Waals surface area contributed by atoms with Gasteiger partial charge >= 0.3 is 0 Å². The molecule has 3 unspecified atom stereocenters. The summed E-state index contributed by atoms with van der Waals surface area (Å²) in [4.78, 5) is 19.6. The summed E-state index contributed by atoms with van der Waals surface area (Å²) in [6.07, 6.45) is 5.65. The molecule has 1 amide bonds. The number of carbonyl (C=O) groups is 1. The predicted molar refractivity (Wildman–Crippen MR) is 69.5 cm³/mol. The van der Waals surface area contributed by atoms with Crippen molar-refractivity contribution in [1.82, 2.24) is 20.6 Å². The van der Waals surface area contributed by atoms with Gasteiger partial charge in [-0.1, -0.05) is 0 Å². The lowest BCUT2D eigenvalue weighted by Crippen LogP contribution is -2.52. The maximum Gasteiger partial charge on any atom is 0.237 e. The first-order valence-corrected chi connectivity index (χ1v) is 6.85. The Hall–Kier alpha value is -1.40. The maximum absolute atomic E-state index is 12.3. The van der Waals surface area contributed by atoms with Crippen molar-refractivity contribution in [2.45, 2.75) is 50.4 Å². The normalized spacial score (nSPS) is 30.1. The van der Waals surface area contributed by atoms with Crippen molar-refractivity contribution >= 4 is 5.91 Å². The van der Waals surface area contributed by atoms with E-state index in [-0.39, 0.29) is 24.1 Å². The van der Waals surface area contributed by atoms with Crippen LogP contribution in [0, 0.1) is 0 Å². The van der Waals surface area contributed by atoms with Crippen molar-refractivity contribution in [2.24, 2.45) is 0 Å². The van der Waals surface area contributed by atoms with E-state index in [9.17, 15) is 4.79 Å². The molecule has 0 aromatic carbocycles. The van der Waals surface area contributed by atoms with E-state index in [2.05, 4.69) is 20.6 Å². The second-order valence-corrected chi connectivity index (χ2v) is 5.29. The zero-order valence-electron chi connectivity index (χ0n) is 11.1. The SMILES string of the molecule is COC1CCCC1NC(=O)C1Cc2nc[nH]c2CN1. The Morgan fingerprint density at radius 3 is 3.26 bits per heavy atom. The van der Waals surface area contributed by atoms with E-state index in [0.29, 0.717) is 13.0 Å². The van der Waals surface area contributed by atoms with Gasteiger partial charge in [0.05, 0.1) is 35.9 Å². The molecule has 1 aliphatic carbocycles. The van der Waals surface area contributed by atoms with E-state index in [1.165, 1.54) is 0 Å². The van der Waals surface area contributed by atoms with Crippen LogP contribution in [0.25, 0.3) is 0 Å². The predicted octanol–water partition coefficient (Wildman–Crippen LogP) is 0.108. The van der Waals surface area contributed by atoms with Crippen LogP contribution in [-0.4, -0.2) is 41.2 Å². The molecule has 2 aliphatic rings. The van der Waals surface area contributed by atoms with Crippen molar-refractivity contribution in [3.05, 3.63) is 17.7 Å². The van der Waals surface area contributed by atoms with E-state index in [1.807, 2.05) is 0 Å². The number of ether oxygens (including phenoxy) is 1. The van der Waals surface area contributed by atoms with Gasteiger partial charge in [0.15, 0.2) is 0 Å². The molecule has 1 aromatic heterocycles. The second-order valence-electron chi connectivity index (χ2n) is 5.29. The van der Waals surface area contributed by atoms with E-state index >= 15 is 0 Å². The molecule has 0 bridgehead atoms. The third-order valence-corrected chi connectivity index (χ3v) is 4.13. The van der Waals surface area contributed by atoms with Crippen LogP contribution in [-0.2, 0) is 22.5 Å². The third-order valence-electron chi connectivity index (χ3n) is 4.13. The molecule has 3 rings (SSSR count). The van der Waals surface area contributed by atoms with Gasteiger partial charge in [-0.2, -0.15) is 0 Å². The first kappa shape index (κ1) is 12.6. The average molecular weight is 264 g/mol. The molecule has 3 atom stereocenters. The number of nitrogens with one attached hydrogen (secondary N) is 3. The fourth-order valence-electron chi connectivity index (χ4n) is 3.01. The highest BCUT2D eigenvalue weighted by Crippen LogP contribution is 2.22. The van der Waals surface area contributed by atoms with Crippen LogP contribution < -0.4 is 10.6 Å². The molecule has 3 N–H and O–H groups in total. The Morgan fingerprint density at radius 2 is 2.42 bits per heavy atom. The zero-order chi connectivity index (χ0) is 13.2. The molecule has 0 saturated heterocycles. The van der Waals surface area contributed by atoms with Crippen molar-refractivity contribution in [2.75, 3.05) is 7.11 Å². The summed E-state index contributed by atoms with van der Waals surface area (Å²) in [7, 11) is 1.71. The standard InChI is InChI=1S/C13H20N4O2/c1-19-12-4-2-3-8(12)17-13(18)10-5-9-11(6-14-10)16-7-15-9/h7-8,10,12,14H,2-6H2,1H3,(H,15,16)(H,17,18). The Labute approximate surface area is 112 Å². The van der Waals surface area contributed by atoms with E-state index in [1.54, 1.807) is 13.4 Å². The topological polar surface area (TPSA) is 79.0 Å². The Bertz CT molecular complexity index is 459. The molecule has 6 nitrogen and oxygen atoms in total. The van der Waals surface area contributed by atoms with Crippen LogP contribution in [0.5, 0.6) is 0 Å². The van der Waals surface area contributed by atoms with Gasteiger partial charge in [0.1, 0.15) is 0 Å². The zero-order valence-corrected chi connectivity index (χ0v) is 11.1. The number of aromatic nitrogens is 2. The number of methoxy groups -OCH3 is 1. The lowest BCUT2D eigenvalue weighted by Gasteiger charge is -2.26. The summed E-state index contributed by atoms with van der Waals surface area (Å²) < 4.78 is 5.40. The summed E-state index contributed by atoms with van der Waals surface area (Å²) in [5.74, 6) is 0.0580. The van der Waals surface area contributed by atoms with Gasteiger partial charge in [0.2, 0.25) is 5.91 Å². The number of fused-ring (bicyclic) bond motifs is 1. The number of amides is 1. The molecule has 1 aliphatic heterocycles. The van der Waals surface area contributed by atoms with E-state index in [4.69, 9.17) is 4.74 Å². The summed E-state index contributed by atoms with van der Waals surface area (Å²) >= 11 is 0. The molecule has 1 fully saturated rings. The second kappa shape index (κ2) is 5.30. The molecule has 0 radical (unpaired) electrons. The quantitative estimate of drug-likeness (QED) is 0.724. The minimum Gasteiger partial charge on any atom is -0.379 e. The number of rotatable bonds is 3. The Kier molecular flexibility index (Phi) is 3.52. The largest absolute Gasteiger partial charge is 0.379 e. The van der Waals surface area contributed by atoms with Gasteiger partial charge < -0.3 is 15.0 Å². The lowest BCUT2D eigenvalue weighted by molar-refractivity contribution is -0.124. The minimum absolute atomic E-state index is 0.0580. The third kappa shape index (κ3) is 2.50. The summed E-state index contributed by atoms with van der Waals surface area (Å²) in [5, 5.41) is 6.35. The van der Waals surface area contributed by atoms with Gasteiger partial charge in [-0.25, -0.2) is 4.98 Å². The first-order chi connectivity index (χ1) is 9.28. The Morgan fingerprint density at radius 1 is 1.53 bits per heavy atom. The first-order valence-electron chi connectivity index (χ1n) is 6.85. The van der Waals surface area contributed by atoms with Crippen molar-refractivity contribution in [1.29, 1.82) is 0 Å². The van der Waals surface area contributed by atoms with Crippen LogP contribution in [0.3, 0.4) is 0 Å². The van der Waals surface area contributed by atoms with Crippen LogP contribution in [0.15, 0.2) is 6.33 Å². The summed E-state index contributed by atoms with van der Waals surface area (Å²) in [6.45, 7) is 0.672. The van der Waals surface area contributed by atoms with E-state index in [0.717, 1.165) is 30.7 Å². The molecular weight excluding hydrogens is 244 g/mol. The number of hydrogen-bond acceptors (Lipinski definition) is 4. The molecule has 1 aromatic rings. The molecule has 104 valence electrons. The highest BCUT2D eigenvalue weighted by molar-refractivity contribution is 5.82. The van der Waals surface area contributed by atoms with Crippen LogP contribution in [0.1, 0.15) is 30.7 Å². The summed E-state index contributed by atoms with van der Waals surface area (Å²) in [5.41, 5.74) is 2.08. The van der Waals surface area contributed by atoms with Gasteiger partial charge in [0, 0.05) is 20.1 Å². The van der Waals surface area contributed by atoms with Crippen molar-refractivity contribution in [3.63, 3.8) is 0 Å². The highest BCUT2D eigenvalue weighted by atomic mass is 16.5. The number of imidazole rings is 1. The number of carbonyl (C=O) groups excluding carboxylic acids is 1. The fourth-order valence-corrected chi connectivity index (χ4v) is 3.01. The van der Waals surface area contributed by atoms with Gasteiger partial charge in [-0.05, 0) is 19.3 Å². The average Bonchev–Trinajstić information content (AvgIpc) is 3.05. The number of aromatic amines is 1. The molecule has 19 heavy (non-hydrogen) atoms. The smallest absolute Gasteiger partial charge is 0.237 e. The van der Waals surface area contributed by atoms with Crippen molar-refractivity contribution in [3.8, 4) is 0 Å². The maximum atomic E-state index is 12.3. The number of nitrogens with zero attached hydrogens (tertiary/aromatic N) is 1. The fraction of sp³-hybridized carbons (Fsp3) is 0.692. The molecule has 1 saturated carbocycles. The minimum atomic E-state index is -0.186. The van der Waals surface area contributed by atoms with Gasteiger partial charge in [0.25, 0.3) is 0 Å². The molecule has 0 spiro atoms. The van der Waals surface area contributed by atoms with Crippen LogP contribution >= 0.6 is 0 Å². The number of hydrogen-bond donors (Lipinski definition) is 3. The van der Waals surface area contributed by atoms with Crippen LogP contribution in [0.2, 0.25) is 0 Å². The van der Waals surface area contributed by atoms with Crippen LogP contribution in [0.4, 0.5) is 0 Å². The Balaban J connectivity index is 1.59. The van der Waals surface area contributed by atoms with E-state index < -0.39 is 0 Å². The monoisotopic (exact) mass is 264 g/mol. The summed E-state index contributed by atoms with van der Waals surface area (Å²) in [6, 6.07) is -0.0335. The van der Waals surface area contributed by atoms with Gasteiger partial charge in [-0.15, -0.1) is 0 Å².